The monoisotopic (exact) mass is 672 g/mol. The van der Waals surface area contributed by atoms with E-state index in [1.165, 1.54) is 23.3 Å². The highest BCUT2D eigenvalue weighted by Crippen LogP contribution is 2.47. The number of carbonyl (C=O) groups excluding carboxylic acids is 1. The summed E-state index contributed by atoms with van der Waals surface area (Å²) in [6.07, 6.45) is 14.7. The molecule has 5 heterocycles. The first kappa shape index (κ1) is 31.7. The van der Waals surface area contributed by atoms with Gasteiger partial charge in [-0.1, -0.05) is 49.9 Å². The first-order valence-corrected chi connectivity index (χ1v) is 18.3. The predicted octanol–water partition coefficient (Wildman–Crippen LogP) is 9.29. The molecule has 6 aromatic rings. The molecule has 2 aliphatic rings. The van der Waals surface area contributed by atoms with Crippen molar-refractivity contribution in [1.29, 1.82) is 0 Å². The number of ketones is 1. The summed E-state index contributed by atoms with van der Waals surface area (Å²) in [5, 5.41) is 11.0. The number of aromatic nitrogens is 4. The summed E-state index contributed by atoms with van der Waals surface area (Å²) in [6, 6.07) is 20.7. The molecule has 2 aromatic carbocycles. The lowest BCUT2D eigenvalue weighted by atomic mass is 9.83. The summed E-state index contributed by atoms with van der Waals surface area (Å²) in [4.78, 5) is 35.8. The van der Waals surface area contributed by atoms with Crippen LogP contribution in [-0.4, -0.2) is 49.2 Å². The van der Waals surface area contributed by atoms with Gasteiger partial charge >= 0.3 is 5.97 Å². The molecule has 250 valence electrons. The Balaban J connectivity index is 1.21. The van der Waals surface area contributed by atoms with E-state index in [1.54, 1.807) is 18.6 Å². The zero-order chi connectivity index (χ0) is 33.3. The van der Waals surface area contributed by atoms with Gasteiger partial charge in [-0.15, -0.1) is 11.3 Å². The molecule has 1 atom stereocenters. The van der Waals surface area contributed by atoms with E-state index in [0.29, 0.717) is 17.4 Å². The molecule has 1 saturated heterocycles. The van der Waals surface area contributed by atoms with E-state index in [-0.39, 0.29) is 18.2 Å². The Morgan fingerprint density at radius 1 is 0.878 bits per heavy atom. The lowest BCUT2D eigenvalue weighted by Gasteiger charge is -2.24. The van der Waals surface area contributed by atoms with Crippen LogP contribution < -0.4 is 0 Å². The van der Waals surface area contributed by atoms with Crippen molar-refractivity contribution in [2.75, 3.05) is 13.2 Å². The number of thiophene rings is 1. The number of ether oxygens (including phenoxy) is 1. The van der Waals surface area contributed by atoms with Crippen LogP contribution in [0.15, 0.2) is 79.4 Å². The quantitative estimate of drug-likeness (QED) is 0.173. The number of carboxylic acids is 1. The van der Waals surface area contributed by atoms with Crippen LogP contribution in [0.25, 0.3) is 49.3 Å². The molecule has 1 unspecified atom stereocenters. The highest BCUT2D eigenvalue weighted by atomic mass is 32.1. The maximum absolute atomic E-state index is 14.1. The SMILES string of the molecule is O=C(O)c1cc2c(s1)c(C1CCCCC1)c(-c1ccc3nc(-c4ccc(-n5ccnc5)cc4)ccc3c1)n2CC(=O)C1CCCCOCC1. The van der Waals surface area contributed by atoms with Crippen molar-refractivity contribution >= 4 is 44.2 Å². The van der Waals surface area contributed by atoms with Crippen LogP contribution in [0.1, 0.15) is 78.9 Å². The van der Waals surface area contributed by atoms with Crippen LogP contribution in [0.2, 0.25) is 0 Å². The molecule has 8 rings (SSSR count). The second-order valence-electron chi connectivity index (χ2n) is 13.5. The van der Waals surface area contributed by atoms with Gasteiger partial charge in [-0.05, 0) is 85.5 Å². The van der Waals surface area contributed by atoms with Gasteiger partial charge in [0.25, 0.3) is 0 Å². The molecule has 4 aromatic heterocycles. The van der Waals surface area contributed by atoms with Crippen LogP contribution in [-0.2, 0) is 16.1 Å². The first-order valence-electron chi connectivity index (χ1n) is 17.5. The Bertz CT molecular complexity index is 2120. The molecule has 1 saturated carbocycles. The Kier molecular flexibility index (Phi) is 8.87. The normalized spacial score (nSPS) is 17.7. The molecule has 1 aliphatic heterocycles. The molecule has 2 fully saturated rings. The zero-order valence-electron chi connectivity index (χ0n) is 27.5. The highest BCUT2D eigenvalue weighted by Gasteiger charge is 2.31. The number of hydrogen-bond donors (Lipinski definition) is 1. The Labute approximate surface area is 289 Å². The van der Waals surface area contributed by atoms with Gasteiger partial charge in [0.2, 0.25) is 0 Å². The zero-order valence-corrected chi connectivity index (χ0v) is 28.3. The number of aromatic carboxylic acids is 1. The number of benzene rings is 2. The third-order valence-electron chi connectivity index (χ3n) is 10.4. The van der Waals surface area contributed by atoms with E-state index in [1.807, 2.05) is 10.8 Å². The molecule has 0 bridgehead atoms. The van der Waals surface area contributed by atoms with Crippen molar-refractivity contribution in [3.05, 3.63) is 89.8 Å². The molecule has 9 heteroatoms. The lowest BCUT2D eigenvalue weighted by Crippen LogP contribution is -2.24. The molecular weight excluding hydrogens is 633 g/mol. The number of hydrogen-bond acceptors (Lipinski definition) is 6. The van der Waals surface area contributed by atoms with Crippen LogP contribution in [0.5, 0.6) is 0 Å². The van der Waals surface area contributed by atoms with E-state index < -0.39 is 5.97 Å². The first-order chi connectivity index (χ1) is 24.0. The number of pyridine rings is 1. The standard InChI is InChI=1S/C40H40N4O4S/c45-35(27-6-4-5-20-48-21-17-27)24-44-34-23-36(40(46)47)49-39(34)37(28-7-2-1-3-8-28)38(44)30-12-16-33-29(22-30)11-15-32(42-33)26-9-13-31(14-10-26)43-19-18-41-25-43/h9-16,18-19,22-23,25,27-28H,1-8,17,20-21,24H2,(H,46,47). The maximum atomic E-state index is 14.1. The topological polar surface area (TPSA) is 99.2 Å². The Morgan fingerprint density at radius 2 is 1.69 bits per heavy atom. The molecule has 8 nitrogen and oxygen atoms in total. The van der Waals surface area contributed by atoms with Gasteiger partial charge in [0.15, 0.2) is 5.78 Å². The van der Waals surface area contributed by atoms with Crippen molar-refractivity contribution in [3.63, 3.8) is 0 Å². The third kappa shape index (κ3) is 6.33. The second kappa shape index (κ2) is 13.7. The van der Waals surface area contributed by atoms with E-state index in [4.69, 9.17) is 9.72 Å². The number of fused-ring (bicyclic) bond motifs is 2. The fraction of sp³-hybridized carbons (Fsp3) is 0.350. The second-order valence-corrected chi connectivity index (χ2v) is 14.5. The number of rotatable bonds is 8. The molecule has 49 heavy (non-hydrogen) atoms. The van der Waals surface area contributed by atoms with Crippen molar-refractivity contribution in [3.8, 4) is 28.2 Å². The van der Waals surface area contributed by atoms with Crippen molar-refractivity contribution < 1.29 is 19.4 Å². The number of Topliss-reactive ketones (excluding diaryl/α,β-unsaturated/α-hetero) is 1. The average Bonchev–Trinajstić information content (AvgIpc) is 3.86. The summed E-state index contributed by atoms with van der Waals surface area (Å²) < 4.78 is 10.9. The van der Waals surface area contributed by atoms with Crippen LogP contribution in [0.4, 0.5) is 0 Å². The number of carboxylic acid groups (broad SMARTS) is 1. The maximum Gasteiger partial charge on any atom is 0.345 e. The third-order valence-corrected chi connectivity index (χ3v) is 11.5. The van der Waals surface area contributed by atoms with E-state index in [2.05, 4.69) is 64.1 Å². The van der Waals surface area contributed by atoms with Gasteiger partial charge < -0.3 is 19.0 Å². The van der Waals surface area contributed by atoms with Gasteiger partial charge in [0, 0.05) is 48.2 Å². The largest absolute Gasteiger partial charge is 0.477 e. The molecule has 0 spiro atoms. The molecule has 1 aliphatic carbocycles. The summed E-state index contributed by atoms with van der Waals surface area (Å²) in [5.41, 5.74) is 8.06. The van der Waals surface area contributed by atoms with Crippen molar-refractivity contribution in [2.24, 2.45) is 5.92 Å². The molecule has 0 radical (unpaired) electrons. The van der Waals surface area contributed by atoms with Crippen LogP contribution in [0, 0.1) is 5.92 Å². The predicted molar refractivity (Wildman–Crippen MR) is 194 cm³/mol. The average molecular weight is 673 g/mol. The highest BCUT2D eigenvalue weighted by molar-refractivity contribution is 7.21. The van der Waals surface area contributed by atoms with Crippen molar-refractivity contribution in [1.82, 2.24) is 19.1 Å². The van der Waals surface area contributed by atoms with E-state index >= 15 is 0 Å². The summed E-state index contributed by atoms with van der Waals surface area (Å²) >= 11 is 1.36. The fourth-order valence-corrected chi connectivity index (χ4v) is 8.95. The molecule has 0 amide bonds. The van der Waals surface area contributed by atoms with Gasteiger partial charge in [-0.3, -0.25) is 4.79 Å². The van der Waals surface area contributed by atoms with E-state index in [9.17, 15) is 14.7 Å². The number of carbonyl (C=O) groups is 2. The smallest absolute Gasteiger partial charge is 0.345 e. The summed E-state index contributed by atoms with van der Waals surface area (Å²) in [5.74, 6) is -0.460. The van der Waals surface area contributed by atoms with Gasteiger partial charge in [0.1, 0.15) is 4.88 Å². The summed E-state index contributed by atoms with van der Waals surface area (Å²) in [6.45, 7) is 1.59. The minimum atomic E-state index is -0.920. The van der Waals surface area contributed by atoms with Gasteiger partial charge in [0.05, 0.1) is 40.0 Å². The van der Waals surface area contributed by atoms with Crippen LogP contribution in [0.3, 0.4) is 0 Å². The fourth-order valence-electron chi connectivity index (χ4n) is 7.82. The Morgan fingerprint density at radius 3 is 2.49 bits per heavy atom. The Hall–Kier alpha value is -4.60. The van der Waals surface area contributed by atoms with Crippen LogP contribution >= 0.6 is 11.3 Å². The minimum absolute atomic E-state index is 0.0606. The van der Waals surface area contributed by atoms with Crippen molar-refractivity contribution in [2.45, 2.75) is 70.3 Å². The molecular formula is C40H40N4O4S. The van der Waals surface area contributed by atoms with Gasteiger partial charge in [-0.25, -0.2) is 14.8 Å². The molecule has 1 N–H and O–H groups in total. The number of nitrogens with zero attached hydrogens (tertiary/aromatic N) is 4. The van der Waals surface area contributed by atoms with E-state index in [0.717, 1.165) is 107 Å². The summed E-state index contributed by atoms with van der Waals surface area (Å²) in [7, 11) is 0. The minimum Gasteiger partial charge on any atom is -0.477 e. The lowest BCUT2D eigenvalue weighted by molar-refractivity contribution is -0.124. The number of imidazole rings is 1. The van der Waals surface area contributed by atoms with Gasteiger partial charge in [-0.2, -0.15) is 0 Å².